The molecule has 20 heavy (non-hydrogen) atoms. The van der Waals surface area contributed by atoms with Gasteiger partial charge in [-0.25, -0.2) is 0 Å². The molecular weight excluding hydrogens is 242 g/mol. The topological polar surface area (TPSA) is 15.8 Å². The molecule has 0 aliphatic carbocycles. The highest BCUT2D eigenvalue weighted by Gasteiger charge is 2.07. The van der Waals surface area contributed by atoms with E-state index in [1.165, 1.54) is 27.6 Å². The van der Waals surface area contributed by atoms with Crippen molar-refractivity contribution in [1.82, 2.24) is 4.98 Å². The molecule has 0 radical (unpaired) electrons. The molecule has 3 rings (SSSR count). The van der Waals surface area contributed by atoms with Crippen LogP contribution in [0.3, 0.4) is 0 Å². The molecule has 1 aromatic heterocycles. The molecule has 0 aliphatic heterocycles. The van der Waals surface area contributed by atoms with Gasteiger partial charge in [0.15, 0.2) is 0 Å². The first-order valence-corrected chi connectivity index (χ1v) is 7.05. The van der Waals surface area contributed by atoms with Crippen molar-refractivity contribution >= 4 is 17.0 Å². The van der Waals surface area contributed by atoms with E-state index >= 15 is 0 Å². The van der Waals surface area contributed by atoms with Gasteiger partial charge in [-0.3, -0.25) is 0 Å². The standard InChI is InChI=1S/C19H19N/c1-14-7-10-16(11-8-14)12-9-15(2)18-13-20-19-6-4-3-5-17(18)19/h3-13,15,20H,1-2H3/b12-9+. The molecule has 1 nitrogen and oxygen atoms in total. The van der Waals surface area contributed by atoms with Crippen LogP contribution in [0.5, 0.6) is 0 Å². The third-order valence-corrected chi connectivity index (χ3v) is 3.77. The van der Waals surface area contributed by atoms with E-state index in [-0.39, 0.29) is 0 Å². The number of hydrogen-bond donors (Lipinski definition) is 1. The molecule has 1 atom stereocenters. The average Bonchev–Trinajstić information content (AvgIpc) is 2.90. The SMILES string of the molecule is Cc1ccc(/C=C/C(C)c2c[nH]c3ccccc23)cc1. The van der Waals surface area contributed by atoms with Crippen molar-refractivity contribution in [3.8, 4) is 0 Å². The van der Waals surface area contributed by atoms with Gasteiger partial charge in [-0.15, -0.1) is 0 Å². The third kappa shape index (κ3) is 2.53. The number of fused-ring (bicyclic) bond motifs is 1. The van der Waals surface area contributed by atoms with E-state index in [0.717, 1.165) is 0 Å². The summed E-state index contributed by atoms with van der Waals surface area (Å²) in [6.45, 7) is 4.35. The molecule has 3 aromatic rings. The van der Waals surface area contributed by atoms with Gasteiger partial charge in [0.2, 0.25) is 0 Å². The fraction of sp³-hybridized carbons (Fsp3) is 0.158. The van der Waals surface area contributed by atoms with Crippen LogP contribution >= 0.6 is 0 Å². The Kier molecular flexibility index (Phi) is 3.42. The van der Waals surface area contributed by atoms with E-state index in [9.17, 15) is 0 Å². The Morgan fingerprint density at radius 1 is 1.00 bits per heavy atom. The zero-order chi connectivity index (χ0) is 13.9. The van der Waals surface area contributed by atoms with Crippen LogP contribution in [0.1, 0.15) is 29.5 Å². The van der Waals surface area contributed by atoms with Gasteiger partial charge in [-0.1, -0.05) is 67.1 Å². The Morgan fingerprint density at radius 3 is 2.55 bits per heavy atom. The number of aryl methyl sites for hydroxylation is 1. The minimum absolute atomic E-state index is 0.396. The predicted octanol–water partition coefficient (Wildman–Crippen LogP) is 5.29. The van der Waals surface area contributed by atoms with Crippen LogP contribution in [-0.2, 0) is 0 Å². The maximum atomic E-state index is 3.34. The highest BCUT2D eigenvalue weighted by molar-refractivity contribution is 5.84. The lowest BCUT2D eigenvalue weighted by Crippen LogP contribution is -1.86. The monoisotopic (exact) mass is 261 g/mol. The Labute approximate surface area is 120 Å². The maximum Gasteiger partial charge on any atom is 0.0457 e. The fourth-order valence-corrected chi connectivity index (χ4v) is 2.51. The Morgan fingerprint density at radius 2 is 1.75 bits per heavy atom. The van der Waals surface area contributed by atoms with Crippen molar-refractivity contribution in [2.75, 3.05) is 0 Å². The second kappa shape index (κ2) is 5.38. The highest BCUT2D eigenvalue weighted by Crippen LogP contribution is 2.26. The molecule has 1 unspecified atom stereocenters. The molecule has 1 heteroatoms. The van der Waals surface area contributed by atoms with E-state index < -0.39 is 0 Å². The second-order valence-electron chi connectivity index (χ2n) is 5.35. The minimum Gasteiger partial charge on any atom is -0.361 e. The minimum atomic E-state index is 0.396. The quantitative estimate of drug-likeness (QED) is 0.659. The number of benzene rings is 2. The molecule has 2 aromatic carbocycles. The van der Waals surface area contributed by atoms with Crippen molar-refractivity contribution in [3.63, 3.8) is 0 Å². The molecule has 0 fully saturated rings. The van der Waals surface area contributed by atoms with Crippen molar-refractivity contribution in [3.05, 3.63) is 77.5 Å². The summed E-state index contributed by atoms with van der Waals surface area (Å²) in [7, 11) is 0. The summed E-state index contributed by atoms with van der Waals surface area (Å²) in [6, 6.07) is 17.1. The summed E-state index contributed by atoms with van der Waals surface area (Å²) in [5.74, 6) is 0.396. The normalized spacial score (nSPS) is 13.1. The van der Waals surface area contributed by atoms with Gasteiger partial charge in [-0.2, -0.15) is 0 Å². The summed E-state index contributed by atoms with van der Waals surface area (Å²) >= 11 is 0. The van der Waals surface area contributed by atoms with Gasteiger partial charge >= 0.3 is 0 Å². The molecule has 1 heterocycles. The molecule has 0 saturated carbocycles. The van der Waals surface area contributed by atoms with Gasteiger partial charge in [0.25, 0.3) is 0 Å². The molecular formula is C19H19N. The van der Waals surface area contributed by atoms with Gasteiger partial charge in [-0.05, 0) is 24.1 Å². The first kappa shape index (κ1) is 12.7. The van der Waals surface area contributed by atoms with E-state index in [1.807, 2.05) is 0 Å². The Bertz CT molecular complexity index is 732. The zero-order valence-electron chi connectivity index (χ0n) is 11.9. The smallest absolute Gasteiger partial charge is 0.0457 e. The number of H-pyrrole nitrogens is 1. The van der Waals surface area contributed by atoms with Crippen LogP contribution < -0.4 is 0 Å². The number of aromatic nitrogens is 1. The number of aromatic amines is 1. The zero-order valence-corrected chi connectivity index (χ0v) is 11.9. The van der Waals surface area contributed by atoms with Gasteiger partial charge in [0.05, 0.1) is 0 Å². The van der Waals surface area contributed by atoms with Crippen molar-refractivity contribution in [2.24, 2.45) is 0 Å². The van der Waals surface area contributed by atoms with E-state index in [0.29, 0.717) is 5.92 Å². The lowest BCUT2D eigenvalue weighted by molar-refractivity contribution is 0.984. The largest absolute Gasteiger partial charge is 0.361 e. The molecule has 0 aliphatic rings. The Hall–Kier alpha value is -2.28. The predicted molar refractivity (Wildman–Crippen MR) is 86.9 cm³/mol. The lowest BCUT2D eigenvalue weighted by atomic mass is 9.99. The third-order valence-electron chi connectivity index (χ3n) is 3.77. The molecule has 0 saturated heterocycles. The summed E-state index contributed by atoms with van der Waals surface area (Å²) in [5, 5.41) is 1.31. The van der Waals surface area contributed by atoms with Crippen molar-refractivity contribution in [1.29, 1.82) is 0 Å². The Balaban J connectivity index is 1.85. The van der Waals surface area contributed by atoms with Gasteiger partial charge < -0.3 is 4.98 Å². The first-order valence-electron chi connectivity index (χ1n) is 7.05. The summed E-state index contributed by atoms with van der Waals surface area (Å²) in [6.07, 6.45) is 6.58. The highest BCUT2D eigenvalue weighted by atomic mass is 14.7. The second-order valence-corrected chi connectivity index (χ2v) is 5.35. The number of allylic oxidation sites excluding steroid dienone is 1. The molecule has 100 valence electrons. The molecule has 0 amide bonds. The lowest BCUT2D eigenvalue weighted by Gasteiger charge is -2.05. The van der Waals surface area contributed by atoms with Gasteiger partial charge in [0, 0.05) is 23.0 Å². The summed E-state index contributed by atoms with van der Waals surface area (Å²) < 4.78 is 0. The van der Waals surface area contributed by atoms with Crippen LogP contribution in [0, 0.1) is 6.92 Å². The van der Waals surface area contributed by atoms with Crippen LogP contribution in [0.15, 0.2) is 60.8 Å². The number of para-hydroxylation sites is 1. The van der Waals surface area contributed by atoms with Crippen LogP contribution in [0.4, 0.5) is 0 Å². The molecule has 0 bridgehead atoms. The van der Waals surface area contributed by atoms with Crippen LogP contribution in [0.2, 0.25) is 0 Å². The van der Waals surface area contributed by atoms with E-state index in [4.69, 9.17) is 0 Å². The number of nitrogens with one attached hydrogen (secondary N) is 1. The summed E-state index contributed by atoms with van der Waals surface area (Å²) in [5.41, 5.74) is 5.11. The van der Waals surface area contributed by atoms with Gasteiger partial charge in [0.1, 0.15) is 0 Å². The number of rotatable bonds is 3. The molecule has 1 N–H and O–H groups in total. The fourth-order valence-electron chi connectivity index (χ4n) is 2.51. The van der Waals surface area contributed by atoms with E-state index in [2.05, 4.69) is 85.7 Å². The average molecular weight is 261 g/mol. The van der Waals surface area contributed by atoms with Crippen molar-refractivity contribution in [2.45, 2.75) is 19.8 Å². The van der Waals surface area contributed by atoms with Crippen LogP contribution in [0.25, 0.3) is 17.0 Å². The van der Waals surface area contributed by atoms with E-state index in [1.54, 1.807) is 0 Å². The number of hydrogen-bond acceptors (Lipinski definition) is 0. The maximum absolute atomic E-state index is 3.34. The summed E-state index contributed by atoms with van der Waals surface area (Å²) in [4.78, 5) is 3.34. The van der Waals surface area contributed by atoms with Crippen LogP contribution in [-0.4, -0.2) is 4.98 Å². The molecule has 0 spiro atoms. The van der Waals surface area contributed by atoms with Crippen molar-refractivity contribution < 1.29 is 0 Å². The first-order chi connectivity index (χ1) is 9.74.